The van der Waals surface area contributed by atoms with E-state index in [0.717, 1.165) is 69.0 Å². The minimum atomic E-state index is -1.74. The molecule has 3 aromatic heterocycles. The zero-order valence-electron chi connectivity index (χ0n) is 62.4. The first-order valence-corrected chi connectivity index (χ1v) is 39.6. The lowest BCUT2D eigenvalue weighted by Crippen LogP contribution is -2.81. The topological polar surface area (TPSA) is 158 Å². The summed E-state index contributed by atoms with van der Waals surface area (Å²) < 4.78 is 52.5. The van der Waals surface area contributed by atoms with Gasteiger partial charge >= 0.3 is 21.4 Å². The van der Waals surface area contributed by atoms with Crippen molar-refractivity contribution in [2.75, 3.05) is 25.2 Å². The zero-order valence-corrected chi connectivity index (χ0v) is 66.0. The van der Waals surface area contributed by atoms with Gasteiger partial charge in [0.25, 0.3) is 0 Å². The van der Waals surface area contributed by atoms with Crippen LogP contribution in [-0.2, 0) is 49.9 Å². The second kappa shape index (κ2) is 34.6. The Bertz CT molecular complexity index is 2700. The zero-order chi connectivity index (χ0) is 72.7. The molecule has 473 valence electrons. The van der Waals surface area contributed by atoms with E-state index in [1.54, 1.807) is 4.68 Å². The maximum absolute atomic E-state index is 9.05. The molecule has 23 radical (unpaired) electrons. The molecule has 0 aliphatic carbocycles. The van der Waals surface area contributed by atoms with Crippen molar-refractivity contribution >= 4 is 220 Å². The largest absolute Gasteiger partial charge is 0.498 e. The average Bonchev–Trinajstić information content (AvgIpc) is 1.63. The molecule has 3 fully saturated rings. The number of aromatic amines is 1. The number of aliphatic hydroxyl groups is 1. The van der Waals surface area contributed by atoms with E-state index in [-0.39, 0.29) is 59.5 Å². The lowest BCUT2D eigenvalue weighted by molar-refractivity contribution is 0.00578. The number of alkyl halides is 1. The number of aliphatic hydroxyl groups excluding tert-OH is 1. The number of rotatable bonds is 21. The van der Waals surface area contributed by atoms with Crippen LogP contribution in [0.3, 0.4) is 0 Å². The summed E-state index contributed by atoms with van der Waals surface area (Å²) in [4.78, 5) is 0. The van der Waals surface area contributed by atoms with Crippen molar-refractivity contribution < 1.29 is 41.9 Å². The second-order valence-electron chi connectivity index (χ2n) is 31.2. The van der Waals surface area contributed by atoms with Gasteiger partial charge in [0.05, 0.1) is 77.0 Å². The number of hydrogen-bond donors (Lipinski definition) is 2. The number of aromatic nitrogens is 6. The van der Waals surface area contributed by atoms with Crippen molar-refractivity contribution in [3.05, 3.63) is 34.2 Å². The molecular weight excluding hydrogens is 1240 g/mol. The molecule has 6 rings (SSSR count). The van der Waals surface area contributed by atoms with Gasteiger partial charge in [-0.2, -0.15) is 15.3 Å². The molecule has 2 N–H and O–H groups in total. The highest BCUT2D eigenvalue weighted by Crippen LogP contribution is 2.41. The third-order valence-corrected chi connectivity index (χ3v) is 29.9. The van der Waals surface area contributed by atoms with Gasteiger partial charge in [-0.05, 0) is 161 Å². The van der Waals surface area contributed by atoms with Gasteiger partial charge in [0.1, 0.15) is 0 Å². The van der Waals surface area contributed by atoms with Crippen LogP contribution < -0.4 is 16.4 Å². The van der Waals surface area contributed by atoms with Gasteiger partial charge in [0, 0.05) is 195 Å². The SMILES string of the molecule is CC(C)(C)[Si](C)(C)OCCBr.Cc1n[nH]c(C)c1B1OC(C)(C)C(C)(C)O1.Cc1nn(CCO)c(C)c1B1OC(C)(C)C(C)(C)O1.Cc1nn(CCO[Si](C)(C)C(C)(C)C)c(C)c1B1OC(C)(C)C(C)(C)O1.[B][B]B(B([B])[B])B(B(B([B])[B])B([B])[B])B(B([B])[B])B([B])[B]. The number of H-pyrrole nitrogens is 1. The number of aryl methyl sites for hydroxylation is 4. The highest BCUT2D eigenvalue weighted by atomic mass is 79.9. The van der Waals surface area contributed by atoms with Crippen LogP contribution >= 0.6 is 15.9 Å². The molecule has 0 bridgehead atoms. The molecule has 0 unspecified atom stereocenters. The maximum Gasteiger partial charge on any atom is 0.498 e. The average molecular weight is 1330 g/mol. The molecule has 0 amide bonds. The summed E-state index contributed by atoms with van der Waals surface area (Å²) in [5.74, 6) is 0. The first kappa shape index (κ1) is 88.8. The summed E-state index contributed by atoms with van der Waals surface area (Å²) in [5, 5.41) is 26.8. The Balaban J connectivity index is 0.000000405. The van der Waals surface area contributed by atoms with Crippen molar-refractivity contribution in [2.45, 2.75) is 249 Å². The van der Waals surface area contributed by atoms with Crippen LogP contribution in [0.25, 0.3) is 0 Å². The molecule has 0 atom stereocenters. The summed E-state index contributed by atoms with van der Waals surface area (Å²) in [7, 11) is 60.5. The van der Waals surface area contributed by atoms with Crippen LogP contribution in [-0.4, -0.2) is 281 Å². The van der Waals surface area contributed by atoms with E-state index in [2.05, 4.69) is 161 Å². The Morgan fingerprint density at radius 3 is 1.05 bits per heavy atom. The van der Waals surface area contributed by atoms with Crippen molar-refractivity contribution in [1.29, 1.82) is 0 Å². The van der Waals surface area contributed by atoms with Gasteiger partial charge in [0.2, 0.25) is 0 Å². The number of nitrogens with zero attached hydrogens (tertiary/aromatic N) is 5. The summed E-state index contributed by atoms with van der Waals surface area (Å²) in [6, 6.07) is 0. The van der Waals surface area contributed by atoms with Gasteiger partial charge in [0.15, 0.2) is 16.6 Å². The molecule has 0 saturated carbocycles. The molecule has 3 aromatic rings. The lowest BCUT2D eigenvalue weighted by atomic mass is 8.38. The summed E-state index contributed by atoms with van der Waals surface area (Å²) >= 11 is 3.37. The van der Waals surface area contributed by atoms with E-state index in [4.69, 9.17) is 132 Å². The van der Waals surface area contributed by atoms with Crippen LogP contribution in [0.15, 0.2) is 0 Å². The molecule has 3 aliphatic rings. The Kier molecular flexibility index (Phi) is 33.1. The van der Waals surface area contributed by atoms with Crippen LogP contribution in [0, 0.1) is 41.5 Å². The van der Waals surface area contributed by atoms with Gasteiger partial charge in [-0.25, -0.2) is 0 Å². The van der Waals surface area contributed by atoms with E-state index in [1.807, 2.05) is 67.0 Å². The van der Waals surface area contributed by atoms with E-state index >= 15 is 0 Å². The Morgan fingerprint density at radius 1 is 0.505 bits per heavy atom. The first-order valence-electron chi connectivity index (χ1n) is 32.6. The highest BCUT2D eigenvalue weighted by molar-refractivity contribution is 9.09. The van der Waals surface area contributed by atoms with Crippen LogP contribution in [0.2, 0.25) is 36.3 Å². The maximum atomic E-state index is 9.05. The van der Waals surface area contributed by atoms with E-state index < -0.39 is 81.2 Å². The van der Waals surface area contributed by atoms with Crippen molar-refractivity contribution in [1.82, 2.24) is 29.8 Å². The number of nitrogens with one attached hydrogen (secondary N) is 1. The predicted octanol–water partition coefficient (Wildman–Crippen LogP) is 1.34. The molecule has 3 aliphatic heterocycles. The number of halogens is 1. The van der Waals surface area contributed by atoms with Crippen molar-refractivity contribution in [2.24, 2.45) is 0 Å². The first-order chi connectivity index (χ1) is 41.9. The van der Waals surface area contributed by atoms with Crippen molar-refractivity contribution in [3.8, 4) is 0 Å². The smallest absolute Gasteiger partial charge is 0.416 e. The fraction of sp³-hybridized carbons (Fsp3) is 0.824. The predicted molar refractivity (Wildman–Crippen MR) is 427 cm³/mol. The van der Waals surface area contributed by atoms with E-state index in [9.17, 15) is 0 Å². The number of hydrogen-bond acceptors (Lipinski definition) is 12. The van der Waals surface area contributed by atoms with Gasteiger partial charge < -0.3 is 41.9 Å². The standard InChI is InChI=1S/C19H37BN2O3Si.C13H23BN2O3.C11H19BN2O2.C8H19BrOSi.B21/c1-14-16(20-24-18(6,7)19(8,9)25-20)15(2)22(21-14)12-13-23-26(10,11)17(3,4)5;1-9-11(10(2)16(15-9)7-8-17)14-18-12(3,4)13(5,6)19-14;1-7-9(8(2)14-13-7)12-15-10(3,4)11(5,6)16-12;1-8(2,3)11(4,5)10-7-6-9;1-12-18(13(2)3)21(19(14(4)5)15(6)7)20(16(8)9)17(10)11/h12-13H2,1-11H3;17H,7-8H2,1-6H3;1-6H3,(H,13,14);6-7H2,1-5H3;. The highest BCUT2D eigenvalue weighted by Gasteiger charge is 2.56. The van der Waals surface area contributed by atoms with Gasteiger partial charge in [-0.3, -0.25) is 14.5 Å². The molecule has 0 spiro atoms. The third-order valence-electron chi connectivity index (χ3n) is 20.5. The fourth-order valence-corrected chi connectivity index (χ4v) is 12.9. The molecular formula is C51H98B24BrN6O9Si2. The van der Waals surface area contributed by atoms with E-state index in [0.29, 0.717) is 18.2 Å². The Morgan fingerprint density at radius 2 is 0.806 bits per heavy atom. The monoisotopic (exact) mass is 1340 g/mol. The van der Waals surface area contributed by atoms with E-state index in [1.165, 1.54) is 7.06 Å². The minimum absolute atomic E-state index is 0.0742. The summed E-state index contributed by atoms with van der Waals surface area (Å²) in [6.07, 6.45) is -6.78. The second-order valence-corrected chi connectivity index (χ2v) is 41.7. The molecule has 0 aromatic carbocycles. The van der Waals surface area contributed by atoms with Crippen LogP contribution in [0.5, 0.6) is 0 Å². The van der Waals surface area contributed by atoms with Crippen LogP contribution in [0.1, 0.15) is 159 Å². The third kappa shape index (κ3) is 22.6. The van der Waals surface area contributed by atoms with Crippen LogP contribution in [0.4, 0.5) is 0 Å². The lowest BCUT2D eigenvalue weighted by Gasteiger charge is -2.43. The fourth-order valence-electron chi connectivity index (χ4n) is 10.4. The molecule has 3 saturated heterocycles. The molecule has 15 nitrogen and oxygen atoms in total. The minimum Gasteiger partial charge on any atom is -0.416 e. The Labute approximate surface area is 595 Å². The summed E-state index contributed by atoms with van der Waals surface area (Å²) in [5.41, 5.74) is 6.97. The Hall–Kier alpha value is -0.258. The van der Waals surface area contributed by atoms with Gasteiger partial charge in [-0.1, -0.05) is 57.5 Å². The normalized spacial score (nSPS) is 17.5. The van der Waals surface area contributed by atoms with Crippen molar-refractivity contribution in [3.63, 3.8) is 0 Å². The van der Waals surface area contributed by atoms with Gasteiger partial charge in [-0.15, -0.1) is 0 Å². The molecule has 42 heteroatoms. The molecule has 6 heterocycles. The summed E-state index contributed by atoms with van der Waals surface area (Å²) in [6.45, 7) is 62.2. The molecule has 93 heavy (non-hydrogen) atoms. The quantitative estimate of drug-likeness (QED) is 0.117.